The lowest BCUT2D eigenvalue weighted by atomic mass is 10.2. The Morgan fingerprint density at radius 2 is 2.11 bits per heavy atom. The van der Waals surface area contributed by atoms with Crippen LogP contribution in [0.1, 0.15) is 13.8 Å². The third-order valence-corrected chi connectivity index (χ3v) is 1.92. The van der Waals surface area contributed by atoms with E-state index in [1.165, 1.54) is 0 Å². The van der Waals surface area contributed by atoms with Gasteiger partial charge in [0.2, 0.25) is 0 Å². The van der Waals surface area contributed by atoms with E-state index in [0.717, 1.165) is 13.2 Å². The van der Waals surface area contributed by atoms with Crippen molar-refractivity contribution in [1.29, 1.82) is 0 Å². The van der Waals surface area contributed by atoms with Crippen molar-refractivity contribution >= 4 is 0 Å². The molecule has 1 saturated heterocycles. The number of nitrogens with zero attached hydrogens (tertiary/aromatic N) is 1. The molecule has 2 heteroatoms. The van der Waals surface area contributed by atoms with E-state index < -0.39 is 0 Å². The van der Waals surface area contributed by atoms with Crippen molar-refractivity contribution in [2.45, 2.75) is 26.0 Å². The van der Waals surface area contributed by atoms with Crippen LogP contribution in [0.2, 0.25) is 0 Å². The van der Waals surface area contributed by atoms with E-state index in [1.807, 2.05) is 0 Å². The maximum atomic E-state index is 5.42. The van der Waals surface area contributed by atoms with Crippen molar-refractivity contribution in [2.24, 2.45) is 0 Å². The molecule has 0 amide bonds. The van der Waals surface area contributed by atoms with E-state index in [9.17, 15) is 0 Å². The van der Waals surface area contributed by atoms with E-state index in [1.54, 1.807) is 0 Å². The summed E-state index contributed by atoms with van der Waals surface area (Å²) in [4.78, 5) is 2.33. The normalized spacial score (nSPS) is 39.0. The summed E-state index contributed by atoms with van der Waals surface area (Å²) in [5, 5.41) is 0. The van der Waals surface area contributed by atoms with Gasteiger partial charge in [-0.15, -0.1) is 0 Å². The standard InChI is InChI=1S/C7H15NO/c1-6-5-9-7(2)4-8(6)3/h6-7H,4-5H2,1-3H3. The molecule has 54 valence electrons. The number of ether oxygens (including phenoxy) is 1. The molecular formula is C7H15NO. The van der Waals surface area contributed by atoms with Crippen molar-refractivity contribution in [2.75, 3.05) is 20.2 Å². The Labute approximate surface area is 56.8 Å². The van der Waals surface area contributed by atoms with E-state index in [4.69, 9.17) is 4.74 Å². The summed E-state index contributed by atoms with van der Waals surface area (Å²) in [6, 6.07) is 0.598. The third kappa shape index (κ3) is 1.66. The highest BCUT2D eigenvalue weighted by atomic mass is 16.5. The van der Waals surface area contributed by atoms with Crippen LogP contribution in [0.3, 0.4) is 0 Å². The third-order valence-electron chi connectivity index (χ3n) is 1.92. The first-order valence-electron chi connectivity index (χ1n) is 3.52. The molecule has 1 heterocycles. The Morgan fingerprint density at radius 1 is 1.44 bits per heavy atom. The summed E-state index contributed by atoms with van der Waals surface area (Å²) in [7, 11) is 2.14. The van der Waals surface area contributed by atoms with Gasteiger partial charge in [0.05, 0.1) is 12.7 Å². The highest BCUT2D eigenvalue weighted by Crippen LogP contribution is 2.07. The molecule has 0 N–H and O–H groups in total. The molecule has 1 aliphatic heterocycles. The molecule has 1 fully saturated rings. The summed E-state index contributed by atoms with van der Waals surface area (Å²) in [5.74, 6) is 0. The molecule has 0 aromatic heterocycles. The van der Waals surface area contributed by atoms with Crippen LogP contribution < -0.4 is 0 Å². The van der Waals surface area contributed by atoms with Crippen LogP contribution in [-0.2, 0) is 4.74 Å². The summed E-state index contributed by atoms with van der Waals surface area (Å²) in [6.07, 6.45) is 0.422. The number of rotatable bonds is 0. The predicted molar refractivity (Wildman–Crippen MR) is 37.5 cm³/mol. The van der Waals surface area contributed by atoms with Crippen LogP contribution in [0.15, 0.2) is 0 Å². The molecule has 2 nitrogen and oxygen atoms in total. The minimum absolute atomic E-state index is 0.422. The van der Waals surface area contributed by atoms with E-state index >= 15 is 0 Å². The molecule has 0 aromatic rings. The first kappa shape index (κ1) is 7.03. The molecule has 1 aliphatic rings. The van der Waals surface area contributed by atoms with Crippen molar-refractivity contribution in [3.05, 3.63) is 0 Å². The second kappa shape index (κ2) is 2.67. The molecule has 0 saturated carbocycles. The number of hydrogen-bond acceptors (Lipinski definition) is 2. The maximum Gasteiger partial charge on any atom is 0.0674 e. The fourth-order valence-corrected chi connectivity index (χ4v) is 1.07. The summed E-state index contributed by atoms with van der Waals surface area (Å²) in [5.41, 5.74) is 0. The zero-order valence-electron chi connectivity index (χ0n) is 6.42. The smallest absolute Gasteiger partial charge is 0.0674 e. The molecule has 0 aromatic carbocycles. The van der Waals surface area contributed by atoms with Gasteiger partial charge in [-0.2, -0.15) is 0 Å². The highest BCUT2D eigenvalue weighted by Gasteiger charge is 2.18. The Balaban J connectivity index is 2.35. The second-order valence-corrected chi connectivity index (χ2v) is 2.93. The topological polar surface area (TPSA) is 12.5 Å². The molecule has 0 spiro atoms. The van der Waals surface area contributed by atoms with Crippen LogP contribution in [0.25, 0.3) is 0 Å². The van der Waals surface area contributed by atoms with E-state index in [2.05, 4.69) is 25.8 Å². The maximum absolute atomic E-state index is 5.42. The molecule has 2 unspecified atom stereocenters. The zero-order chi connectivity index (χ0) is 6.85. The Bertz CT molecular complexity index is 94.9. The molecule has 0 aliphatic carbocycles. The number of morpholine rings is 1. The second-order valence-electron chi connectivity index (χ2n) is 2.93. The SMILES string of the molecule is CC1CN(C)C(C)CO1. The van der Waals surface area contributed by atoms with E-state index in [0.29, 0.717) is 12.1 Å². The van der Waals surface area contributed by atoms with Gasteiger partial charge < -0.3 is 4.74 Å². The van der Waals surface area contributed by atoms with Crippen molar-refractivity contribution in [1.82, 2.24) is 4.90 Å². The van der Waals surface area contributed by atoms with Crippen molar-refractivity contribution in [3.63, 3.8) is 0 Å². The van der Waals surface area contributed by atoms with Gasteiger partial charge in [-0.3, -0.25) is 4.90 Å². The largest absolute Gasteiger partial charge is 0.376 e. The fourth-order valence-electron chi connectivity index (χ4n) is 1.07. The van der Waals surface area contributed by atoms with Gasteiger partial charge in [0.15, 0.2) is 0 Å². The number of likely N-dealkylation sites (N-methyl/N-ethyl adjacent to an activating group) is 1. The number of hydrogen-bond donors (Lipinski definition) is 0. The van der Waals surface area contributed by atoms with Crippen LogP contribution in [0, 0.1) is 0 Å². The summed E-state index contributed by atoms with van der Waals surface area (Å²) < 4.78 is 5.42. The molecular weight excluding hydrogens is 114 g/mol. The van der Waals surface area contributed by atoms with Crippen molar-refractivity contribution in [3.8, 4) is 0 Å². The zero-order valence-corrected chi connectivity index (χ0v) is 6.42. The monoisotopic (exact) mass is 129 g/mol. The lowest BCUT2D eigenvalue weighted by Crippen LogP contribution is -2.44. The lowest BCUT2D eigenvalue weighted by Gasteiger charge is -2.33. The van der Waals surface area contributed by atoms with Gasteiger partial charge in [-0.25, -0.2) is 0 Å². The van der Waals surface area contributed by atoms with Crippen LogP contribution in [0.5, 0.6) is 0 Å². The lowest BCUT2D eigenvalue weighted by molar-refractivity contribution is -0.0388. The van der Waals surface area contributed by atoms with Crippen molar-refractivity contribution < 1.29 is 4.74 Å². The quantitative estimate of drug-likeness (QED) is 0.478. The van der Waals surface area contributed by atoms with Gasteiger partial charge in [-0.1, -0.05) is 0 Å². The van der Waals surface area contributed by atoms with Gasteiger partial charge in [0, 0.05) is 12.6 Å². The minimum Gasteiger partial charge on any atom is -0.376 e. The van der Waals surface area contributed by atoms with Crippen LogP contribution in [-0.4, -0.2) is 37.2 Å². The molecule has 1 rings (SSSR count). The predicted octanol–water partition coefficient (Wildman–Crippen LogP) is 0.725. The minimum atomic E-state index is 0.422. The van der Waals surface area contributed by atoms with Crippen LogP contribution >= 0.6 is 0 Å². The summed E-state index contributed by atoms with van der Waals surface area (Å²) >= 11 is 0. The molecule has 0 bridgehead atoms. The molecule has 2 atom stereocenters. The highest BCUT2D eigenvalue weighted by molar-refractivity contribution is 4.71. The summed E-state index contributed by atoms with van der Waals surface area (Å²) in [6.45, 7) is 6.26. The Kier molecular flexibility index (Phi) is 2.09. The Hall–Kier alpha value is -0.0800. The molecule has 0 radical (unpaired) electrons. The average molecular weight is 129 g/mol. The first-order chi connectivity index (χ1) is 4.20. The fraction of sp³-hybridized carbons (Fsp3) is 1.00. The molecule has 9 heavy (non-hydrogen) atoms. The van der Waals surface area contributed by atoms with E-state index in [-0.39, 0.29) is 0 Å². The average Bonchev–Trinajstić information content (AvgIpc) is 1.80. The van der Waals surface area contributed by atoms with Gasteiger partial charge in [0.1, 0.15) is 0 Å². The van der Waals surface area contributed by atoms with Gasteiger partial charge in [-0.05, 0) is 20.9 Å². The Morgan fingerprint density at radius 3 is 2.56 bits per heavy atom. The first-order valence-corrected chi connectivity index (χ1v) is 3.52. The van der Waals surface area contributed by atoms with Gasteiger partial charge >= 0.3 is 0 Å². The van der Waals surface area contributed by atoms with Gasteiger partial charge in [0.25, 0.3) is 0 Å². The van der Waals surface area contributed by atoms with Crippen LogP contribution in [0.4, 0.5) is 0 Å².